The first-order chi connectivity index (χ1) is 8.50. The predicted molar refractivity (Wildman–Crippen MR) is 70.9 cm³/mol. The van der Waals surface area contributed by atoms with E-state index < -0.39 is 5.91 Å². The molecule has 0 spiro atoms. The first-order valence-electron chi connectivity index (χ1n) is 6.82. The maximum atomic E-state index is 12.1. The lowest BCUT2D eigenvalue weighted by atomic mass is 10.2. The number of nitrogens with zero attached hydrogens (tertiary/aromatic N) is 1. The molecule has 1 rings (SSSR count). The molecule has 0 aliphatic heterocycles. The van der Waals surface area contributed by atoms with E-state index in [2.05, 4.69) is 5.32 Å². The first-order valence-corrected chi connectivity index (χ1v) is 6.82. The van der Waals surface area contributed by atoms with Crippen LogP contribution in [0.3, 0.4) is 0 Å². The summed E-state index contributed by atoms with van der Waals surface area (Å²) in [7, 11) is 0. The lowest BCUT2D eigenvalue weighted by molar-refractivity contribution is -0.137. The number of amides is 2. The summed E-state index contributed by atoms with van der Waals surface area (Å²) in [5, 5.41) is 3.21. The second-order valence-electron chi connectivity index (χ2n) is 5.29. The fourth-order valence-electron chi connectivity index (χ4n) is 2.42. The second kappa shape index (κ2) is 7.36. The summed E-state index contributed by atoms with van der Waals surface area (Å²) in [5.41, 5.74) is 5.23. The van der Waals surface area contributed by atoms with Gasteiger partial charge in [-0.2, -0.15) is 0 Å². The molecule has 1 aliphatic carbocycles. The zero-order valence-electron chi connectivity index (χ0n) is 11.4. The average Bonchev–Trinajstić information content (AvgIpc) is 2.78. The van der Waals surface area contributed by atoms with Crippen LogP contribution in [-0.4, -0.2) is 41.9 Å². The Hall–Kier alpha value is -1.10. The van der Waals surface area contributed by atoms with E-state index in [1.165, 1.54) is 0 Å². The maximum absolute atomic E-state index is 12.1. The van der Waals surface area contributed by atoms with Gasteiger partial charge in [0.2, 0.25) is 11.8 Å². The summed E-state index contributed by atoms with van der Waals surface area (Å²) in [6.45, 7) is 4.80. The van der Waals surface area contributed by atoms with Crippen molar-refractivity contribution in [3.05, 3.63) is 0 Å². The molecule has 0 atom stereocenters. The van der Waals surface area contributed by atoms with Crippen LogP contribution in [0.4, 0.5) is 0 Å². The molecule has 1 aliphatic rings. The van der Waals surface area contributed by atoms with Crippen LogP contribution in [-0.2, 0) is 9.59 Å². The fraction of sp³-hybridized carbons (Fsp3) is 0.846. The highest BCUT2D eigenvalue weighted by Crippen LogP contribution is 2.23. The monoisotopic (exact) mass is 255 g/mol. The summed E-state index contributed by atoms with van der Waals surface area (Å²) in [4.78, 5) is 24.9. The molecular weight excluding hydrogens is 230 g/mol. The number of hydrogen-bond donors (Lipinski definition) is 2. The van der Waals surface area contributed by atoms with Gasteiger partial charge in [-0.1, -0.05) is 26.7 Å². The molecule has 0 aromatic carbocycles. The molecule has 0 aromatic rings. The van der Waals surface area contributed by atoms with Gasteiger partial charge in [0.05, 0.1) is 6.54 Å². The molecule has 5 nitrogen and oxygen atoms in total. The molecule has 1 fully saturated rings. The van der Waals surface area contributed by atoms with E-state index in [1.54, 1.807) is 4.90 Å². The van der Waals surface area contributed by atoms with Gasteiger partial charge in [-0.05, 0) is 12.8 Å². The van der Waals surface area contributed by atoms with Crippen LogP contribution < -0.4 is 11.1 Å². The minimum absolute atomic E-state index is 0.0360. The normalized spacial score (nSPS) is 16.2. The van der Waals surface area contributed by atoms with Crippen LogP contribution in [0.1, 0.15) is 46.0 Å². The molecule has 0 saturated heterocycles. The van der Waals surface area contributed by atoms with Gasteiger partial charge < -0.3 is 16.0 Å². The van der Waals surface area contributed by atoms with Gasteiger partial charge in [-0.3, -0.25) is 9.59 Å². The molecule has 0 bridgehead atoms. The molecule has 1 saturated carbocycles. The predicted octanol–water partition coefficient (Wildman–Crippen LogP) is 0.631. The van der Waals surface area contributed by atoms with Gasteiger partial charge in [-0.15, -0.1) is 0 Å². The Morgan fingerprint density at radius 2 is 1.94 bits per heavy atom. The van der Waals surface area contributed by atoms with Crippen LogP contribution in [0.5, 0.6) is 0 Å². The van der Waals surface area contributed by atoms with E-state index in [4.69, 9.17) is 5.73 Å². The van der Waals surface area contributed by atoms with Crippen molar-refractivity contribution in [1.29, 1.82) is 0 Å². The van der Waals surface area contributed by atoms with Crippen molar-refractivity contribution in [2.75, 3.05) is 13.1 Å². The smallest absolute Gasteiger partial charge is 0.237 e. The van der Waals surface area contributed by atoms with Crippen molar-refractivity contribution in [3.8, 4) is 0 Å². The van der Waals surface area contributed by atoms with Crippen molar-refractivity contribution in [3.63, 3.8) is 0 Å². The molecule has 18 heavy (non-hydrogen) atoms. The van der Waals surface area contributed by atoms with Gasteiger partial charge in [0.25, 0.3) is 0 Å². The highest BCUT2D eigenvalue weighted by Gasteiger charge is 2.27. The van der Waals surface area contributed by atoms with E-state index in [9.17, 15) is 9.59 Å². The van der Waals surface area contributed by atoms with Crippen LogP contribution >= 0.6 is 0 Å². The molecule has 5 heteroatoms. The Morgan fingerprint density at radius 3 is 2.44 bits per heavy atom. The molecule has 3 N–H and O–H groups in total. The maximum Gasteiger partial charge on any atom is 0.237 e. The zero-order chi connectivity index (χ0) is 13.5. The summed E-state index contributed by atoms with van der Waals surface area (Å²) in [6, 6.07) is 0.581. The van der Waals surface area contributed by atoms with Crippen molar-refractivity contribution >= 4 is 11.8 Å². The standard InChI is InChI=1S/C13H25N3O2/c1-10(2)15-8-7-13(18)16(9-12(14)17)11-5-3-4-6-11/h10-11,15H,3-9H2,1-2H3,(H2,14,17). The van der Waals surface area contributed by atoms with Gasteiger partial charge in [-0.25, -0.2) is 0 Å². The van der Waals surface area contributed by atoms with E-state index >= 15 is 0 Å². The highest BCUT2D eigenvalue weighted by molar-refractivity contribution is 5.84. The first kappa shape index (κ1) is 15.0. The Bertz CT molecular complexity index is 286. The number of nitrogens with two attached hydrogens (primary N) is 1. The molecule has 2 amide bonds. The van der Waals surface area contributed by atoms with Crippen molar-refractivity contribution < 1.29 is 9.59 Å². The third kappa shape index (κ3) is 5.04. The van der Waals surface area contributed by atoms with Crippen LogP contribution in [0.25, 0.3) is 0 Å². The van der Waals surface area contributed by atoms with E-state index in [0.29, 0.717) is 19.0 Å². The second-order valence-corrected chi connectivity index (χ2v) is 5.29. The molecule has 0 heterocycles. The summed E-state index contributed by atoms with van der Waals surface area (Å²) >= 11 is 0. The number of hydrogen-bond acceptors (Lipinski definition) is 3. The number of carbonyl (C=O) groups is 2. The minimum atomic E-state index is -0.424. The number of nitrogens with one attached hydrogen (secondary N) is 1. The van der Waals surface area contributed by atoms with Crippen LogP contribution in [0, 0.1) is 0 Å². The third-order valence-corrected chi connectivity index (χ3v) is 3.30. The molecular formula is C13H25N3O2. The van der Waals surface area contributed by atoms with Gasteiger partial charge in [0, 0.05) is 25.0 Å². The molecule has 0 aromatic heterocycles. The average molecular weight is 255 g/mol. The van der Waals surface area contributed by atoms with Crippen LogP contribution in [0.2, 0.25) is 0 Å². The molecule has 104 valence electrons. The molecule has 0 unspecified atom stereocenters. The summed E-state index contributed by atoms with van der Waals surface area (Å²) in [5.74, 6) is -0.388. The van der Waals surface area contributed by atoms with Crippen molar-refractivity contribution in [1.82, 2.24) is 10.2 Å². The molecule has 0 radical (unpaired) electrons. The zero-order valence-corrected chi connectivity index (χ0v) is 11.4. The largest absolute Gasteiger partial charge is 0.368 e. The van der Waals surface area contributed by atoms with E-state index in [1.807, 2.05) is 13.8 Å². The quantitative estimate of drug-likeness (QED) is 0.700. The highest BCUT2D eigenvalue weighted by atomic mass is 16.2. The number of primary amides is 1. The van der Waals surface area contributed by atoms with Gasteiger partial charge >= 0.3 is 0 Å². The topological polar surface area (TPSA) is 75.4 Å². The fourth-order valence-corrected chi connectivity index (χ4v) is 2.42. The Labute approximate surface area is 109 Å². The lowest BCUT2D eigenvalue weighted by Gasteiger charge is -2.28. The van der Waals surface area contributed by atoms with E-state index in [-0.39, 0.29) is 18.5 Å². The Balaban J connectivity index is 2.47. The number of rotatable bonds is 7. The Kier molecular flexibility index (Phi) is 6.12. The Morgan fingerprint density at radius 1 is 1.33 bits per heavy atom. The van der Waals surface area contributed by atoms with E-state index in [0.717, 1.165) is 25.7 Å². The van der Waals surface area contributed by atoms with Crippen molar-refractivity contribution in [2.45, 2.75) is 58.0 Å². The lowest BCUT2D eigenvalue weighted by Crippen LogP contribution is -2.45. The van der Waals surface area contributed by atoms with Crippen LogP contribution in [0.15, 0.2) is 0 Å². The van der Waals surface area contributed by atoms with Gasteiger partial charge in [0.15, 0.2) is 0 Å². The summed E-state index contributed by atoms with van der Waals surface area (Å²) < 4.78 is 0. The van der Waals surface area contributed by atoms with Crippen molar-refractivity contribution in [2.24, 2.45) is 5.73 Å². The third-order valence-electron chi connectivity index (χ3n) is 3.30. The van der Waals surface area contributed by atoms with Gasteiger partial charge in [0.1, 0.15) is 0 Å². The number of carbonyl (C=O) groups excluding carboxylic acids is 2. The summed E-state index contributed by atoms with van der Waals surface area (Å²) in [6.07, 6.45) is 4.70. The minimum Gasteiger partial charge on any atom is -0.368 e. The SMILES string of the molecule is CC(C)NCCC(=O)N(CC(N)=O)C1CCCC1.